The molecule has 0 saturated carbocycles. The van der Waals surface area contributed by atoms with E-state index in [2.05, 4.69) is 32.4 Å². The van der Waals surface area contributed by atoms with E-state index in [0.717, 1.165) is 23.9 Å². The maximum atomic E-state index is 4.34. The van der Waals surface area contributed by atoms with Gasteiger partial charge < -0.3 is 9.88 Å². The summed E-state index contributed by atoms with van der Waals surface area (Å²) in [5.41, 5.74) is 2.02. The third-order valence-electron chi connectivity index (χ3n) is 2.83. The van der Waals surface area contributed by atoms with Crippen molar-refractivity contribution in [3.8, 4) is 11.5 Å². The Morgan fingerprint density at radius 2 is 1.94 bits per heavy atom. The van der Waals surface area contributed by atoms with E-state index in [4.69, 9.17) is 0 Å². The Hall–Kier alpha value is -2.43. The number of benzene rings is 1. The fourth-order valence-corrected chi connectivity index (χ4v) is 1.96. The number of fused-ring (bicyclic) bond motifs is 1. The molecule has 90 valence electrons. The van der Waals surface area contributed by atoms with Crippen molar-refractivity contribution in [3.63, 3.8) is 0 Å². The van der Waals surface area contributed by atoms with E-state index in [1.807, 2.05) is 29.8 Å². The van der Waals surface area contributed by atoms with Gasteiger partial charge in [0.2, 0.25) is 0 Å². The second-order valence-electron chi connectivity index (χ2n) is 4.00. The van der Waals surface area contributed by atoms with Crippen molar-refractivity contribution in [2.24, 2.45) is 0 Å². The van der Waals surface area contributed by atoms with Gasteiger partial charge in [-0.25, -0.2) is 15.0 Å². The molecule has 1 N–H and O–H groups in total. The molecule has 0 atom stereocenters. The van der Waals surface area contributed by atoms with E-state index >= 15 is 0 Å². The number of nitrogens with zero attached hydrogens (tertiary/aromatic N) is 4. The number of aromatic nitrogens is 4. The Labute approximate surface area is 105 Å². The molecule has 0 unspecified atom stereocenters. The van der Waals surface area contributed by atoms with Crippen molar-refractivity contribution in [3.05, 3.63) is 48.5 Å². The number of hydrogen-bond acceptors (Lipinski definition) is 4. The molecule has 0 radical (unpaired) electrons. The van der Waals surface area contributed by atoms with E-state index in [1.165, 1.54) is 5.56 Å². The molecule has 0 fully saturated rings. The average Bonchev–Trinajstić information content (AvgIpc) is 2.90. The van der Waals surface area contributed by atoms with E-state index in [9.17, 15) is 0 Å². The number of imidazole rings is 1. The minimum atomic E-state index is 0.743. The Balaban J connectivity index is 2.01. The van der Waals surface area contributed by atoms with Crippen LogP contribution < -0.4 is 5.32 Å². The van der Waals surface area contributed by atoms with Crippen LogP contribution in [-0.2, 0) is 6.54 Å². The van der Waals surface area contributed by atoms with Gasteiger partial charge in [-0.15, -0.1) is 0 Å². The molecular weight excluding hydrogens is 226 g/mol. The van der Waals surface area contributed by atoms with Gasteiger partial charge in [0.25, 0.3) is 0 Å². The highest BCUT2D eigenvalue weighted by Gasteiger charge is 2.15. The van der Waals surface area contributed by atoms with Crippen molar-refractivity contribution in [1.29, 1.82) is 0 Å². The molecule has 2 aliphatic heterocycles. The lowest BCUT2D eigenvalue weighted by atomic mass is 10.2. The third kappa shape index (κ3) is 1.79. The van der Waals surface area contributed by atoms with Crippen LogP contribution in [-0.4, -0.2) is 26.6 Å². The molecule has 1 aromatic rings. The second-order valence-corrected chi connectivity index (χ2v) is 4.00. The average molecular weight is 239 g/mol. The van der Waals surface area contributed by atoms with Gasteiger partial charge in [0, 0.05) is 7.05 Å². The zero-order valence-electron chi connectivity index (χ0n) is 10.0. The predicted molar refractivity (Wildman–Crippen MR) is 69.5 cm³/mol. The molecular formula is C13H13N5. The Kier molecular flexibility index (Phi) is 2.64. The van der Waals surface area contributed by atoms with Gasteiger partial charge in [-0.05, 0) is 5.56 Å². The molecule has 0 saturated heterocycles. The van der Waals surface area contributed by atoms with Crippen molar-refractivity contribution < 1.29 is 0 Å². The van der Waals surface area contributed by atoms with Crippen molar-refractivity contribution in [2.45, 2.75) is 6.54 Å². The minimum Gasteiger partial charge on any atom is -0.371 e. The summed E-state index contributed by atoms with van der Waals surface area (Å²) in [6, 6.07) is 10.2. The third-order valence-corrected chi connectivity index (χ3v) is 2.83. The van der Waals surface area contributed by atoms with Crippen LogP contribution >= 0.6 is 0 Å². The van der Waals surface area contributed by atoms with Gasteiger partial charge in [-0.1, -0.05) is 30.3 Å². The molecule has 5 heteroatoms. The van der Waals surface area contributed by atoms with Crippen LogP contribution in [0.4, 0.5) is 5.82 Å². The normalized spacial score (nSPS) is 10.7. The molecule has 0 aromatic heterocycles. The van der Waals surface area contributed by atoms with Crippen LogP contribution in [0.2, 0.25) is 0 Å². The first kappa shape index (κ1) is 10.7. The van der Waals surface area contributed by atoms with Crippen molar-refractivity contribution in [1.82, 2.24) is 19.5 Å². The van der Waals surface area contributed by atoms with Gasteiger partial charge in [0.1, 0.15) is 12.0 Å². The topological polar surface area (TPSA) is 55.6 Å². The maximum Gasteiger partial charge on any atom is 0.165 e. The molecule has 3 rings (SSSR count). The molecule has 1 aromatic carbocycles. The first-order valence-corrected chi connectivity index (χ1v) is 5.76. The number of anilines is 1. The lowest BCUT2D eigenvalue weighted by molar-refractivity contribution is 0.762. The lowest BCUT2D eigenvalue weighted by Crippen LogP contribution is -2.09. The van der Waals surface area contributed by atoms with Gasteiger partial charge >= 0.3 is 0 Å². The summed E-state index contributed by atoms with van der Waals surface area (Å²) in [5, 5.41) is 3.02. The fraction of sp³-hybridized carbons (Fsp3) is 0.154. The van der Waals surface area contributed by atoms with Gasteiger partial charge in [0.15, 0.2) is 11.6 Å². The minimum absolute atomic E-state index is 0.743. The van der Waals surface area contributed by atoms with Gasteiger partial charge in [-0.3, -0.25) is 0 Å². The SMILES string of the molecule is CNc1ncn(Cc2ccccc2)c2ncnc1-2. The molecule has 0 amide bonds. The van der Waals surface area contributed by atoms with E-state index in [-0.39, 0.29) is 0 Å². The van der Waals surface area contributed by atoms with Crippen molar-refractivity contribution in [2.75, 3.05) is 12.4 Å². The standard InChI is InChI=1S/C13H13N5/c1-14-12-11-13(16-8-15-11)18(9-17-12)7-10-5-3-2-4-6-10/h2-6,8-9,14H,7H2,1H3. The molecule has 0 bridgehead atoms. The zero-order valence-corrected chi connectivity index (χ0v) is 10.0. The summed E-state index contributed by atoms with van der Waals surface area (Å²) < 4.78 is 2.00. The van der Waals surface area contributed by atoms with Crippen LogP contribution in [0.3, 0.4) is 0 Å². The van der Waals surface area contributed by atoms with Crippen molar-refractivity contribution >= 4 is 5.82 Å². The van der Waals surface area contributed by atoms with Crippen LogP contribution in [0.5, 0.6) is 0 Å². The molecule has 2 heterocycles. The number of hydrogen-bond donors (Lipinski definition) is 1. The van der Waals surface area contributed by atoms with Gasteiger partial charge in [0.05, 0.1) is 12.9 Å². The van der Waals surface area contributed by atoms with E-state index in [0.29, 0.717) is 0 Å². The number of nitrogens with one attached hydrogen (secondary N) is 1. The Morgan fingerprint density at radius 3 is 2.72 bits per heavy atom. The highest BCUT2D eigenvalue weighted by Crippen LogP contribution is 2.23. The molecule has 5 nitrogen and oxygen atoms in total. The molecule has 0 spiro atoms. The monoisotopic (exact) mass is 239 g/mol. The first-order chi connectivity index (χ1) is 8.88. The smallest absolute Gasteiger partial charge is 0.165 e. The lowest BCUT2D eigenvalue weighted by Gasteiger charge is -2.12. The maximum absolute atomic E-state index is 4.34. The highest BCUT2D eigenvalue weighted by molar-refractivity contribution is 5.66. The summed E-state index contributed by atoms with van der Waals surface area (Å²) in [6.07, 6.45) is 3.35. The Bertz CT molecular complexity index is 617. The van der Waals surface area contributed by atoms with Gasteiger partial charge in [-0.2, -0.15) is 0 Å². The summed E-state index contributed by atoms with van der Waals surface area (Å²) in [5.74, 6) is 1.60. The molecule has 18 heavy (non-hydrogen) atoms. The largest absolute Gasteiger partial charge is 0.371 e. The van der Waals surface area contributed by atoms with Crippen LogP contribution in [0.15, 0.2) is 43.0 Å². The van der Waals surface area contributed by atoms with Crippen LogP contribution in [0, 0.1) is 0 Å². The van der Waals surface area contributed by atoms with E-state index < -0.39 is 0 Å². The summed E-state index contributed by atoms with van der Waals surface area (Å²) >= 11 is 0. The predicted octanol–water partition coefficient (Wildman–Crippen LogP) is 1.87. The van der Waals surface area contributed by atoms with Crippen LogP contribution in [0.25, 0.3) is 11.5 Å². The summed E-state index contributed by atoms with van der Waals surface area (Å²) in [6.45, 7) is 0.743. The second kappa shape index (κ2) is 4.44. The zero-order chi connectivity index (χ0) is 12.4. The highest BCUT2D eigenvalue weighted by atomic mass is 15.2. The summed E-state index contributed by atoms with van der Waals surface area (Å²) in [7, 11) is 1.83. The molecule has 0 aliphatic carbocycles. The fourth-order valence-electron chi connectivity index (χ4n) is 1.96. The Morgan fingerprint density at radius 1 is 1.11 bits per heavy atom. The van der Waals surface area contributed by atoms with E-state index in [1.54, 1.807) is 12.7 Å². The summed E-state index contributed by atoms with van der Waals surface area (Å²) in [4.78, 5) is 12.9. The quantitative estimate of drug-likeness (QED) is 0.758. The molecule has 2 aliphatic rings. The number of rotatable bonds is 3. The first-order valence-electron chi connectivity index (χ1n) is 5.76. The van der Waals surface area contributed by atoms with Crippen LogP contribution in [0.1, 0.15) is 5.56 Å².